The van der Waals surface area contributed by atoms with Gasteiger partial charge in [0.15, 0.2) is 0 Å². The van der Waals surface area contributed by atoms with Gasteiger partial charge >= 0.3 is 0 Å². The molecule has 0 radical (unpaired) electrons. The Morgan fingerprint density at radius 3 is 2.57 bits per heavy atom. The number of nitrogens with one attached hydrogen (secondary N) is 1. The number of aryl methyl sites for hydroxylation is 2. The first-order chi connectivity index (χ1) is 16.8. The summed E-state index contributed by atoms with van der Waals surface area (Å²) in [6.07, 6.45) is -3.00. The number of halogens is 3. The van der Waals surface area contributed by atoms with E-state index in [0.29, 0.717) is 29.8 Å². The van der Waals surface area contributed by atoms with Gasteiger partial charge in [-0.1, -0.05) is 0 Å². The van der Waals surface area contributed by atoms with Gasteiger partial charge in [-0.2, -0.15) is 10.2 Å². The number of hydrogen-bond donors (Lipinski definition) is 1. The SMILES string of the molecule is Cc1ccc(CNC(=O)c2cc(OC3CCN(C(F)C(F)F)CC3)cc(-c3ncc(C)s3)c2)nn1. The highest BCUT2D eigenvalue weighted by molar-refractivity contribution is 7.14. The van der Waals surface area contributed by atoms with E-state index in [2.05, 4.69) is 20.5 Å². The Bertz CT molecular complexity index is 1150. The molecule has 1 aliphatic rings. The molecule has 1 fully saturated rings. The number of piperidine rings is 1. The van der Waals surface area contributed by atoms with Crippen LogP contribution in [-0.2, 0) is 6.54 Å². The van der Waals surface area contributed by atoms with E-state index in [-0.39, 0.29) is 31.6 Å². The fourth-order valence-electron chi connectivity index (χ4n) is 3.80. The second-order valence-electron chi connectivity index (χ2n) is 8.43. The number of aromatic nitrogens is 3. The lowest BCUT2D eigenvalue weighted by molar-refractivity contribution is -0.0665. The highest BCUT2D eigenvalue weighted by Gasteiger charge is 2.31. The first kappa shape index (κ1) is 25.1. The second kappa shape index (κ2) is 11.1. The Kier molecular flexibility index (Phi) is 7.97. The number of alkyl halides is 3. The average Bonchev–Trinajstić information content (AvgIpc) is 3.29. The van der Waals surface area contributed by atoms with Crippen molar-refractivity contribution in [2.24, 2.45) is 0 Å². The Hall–Kier alpha value is -3.05. The minimum absolute atomic E-state index is 0.173. The lowest BCUT2D eigenvalue weighted by atomic mass is 10.1. The molecule has 1 amide bonds. The quantitative estimate of drug-likeness (QED) is 0.453. The third-order valence-electron chi connectivity index (χ3n) is 5.66. The lowest BCUT2D eigenvalue weighted by Crippen LogP contribution is -2.45. The van der Waals surface area contributed by atoms with Crippen molar-refractivity contribution in [3.63, 3.8) is 0 Å². The second-order valence-corrected chi connectivity index (χ2v) is 9.67. The molecule has 3 aromatic rings. The van der Waals surface area contributed by atoms with E-state index >= 15 is 0 Å². The number of nitrogens with zero attached hydrogens (tertiary/aromatic N) is 4. The number of amides is 1. The molecule has 0 bridgehead atoms. The van der Waals surface area contributed by atoms with Crippen LogP contribution in [0, 0.1) is 13.8 Å². The highest BCUT2D eigenvalue weighted by Crippen LogP contribution is 2.31. The van der Waals surface area contributed by atoms with Crippen LogP contribution in [0.2, 0.25) is 0 Å². The molecular weight excluding hydrogens is 479 g/mol. The third-order valence-corrected chi connectivity index (χ3v) is 6.62. The zero-order valence-electron chi connectivity index (χ0n) is 19.4. The molecule has 11 heteroatoms. The summed E-state index contributed by atoms with van der Waals surface area (Å²) in [5, 5.41) is 11.6. The Labute approximate surface area is 205 Å². The van der Waals surface area contributed by atoms with Crippen LogP contribution >= 0.6 is 11.3 Å². The first-order valence-corrected chi connectivity index (χ1v) is 12.1. The van der Waals surface area contributed by atoms with Crippen LogP contribution < -0.4 is 10.1 Å². The third kappa shape index (κ3) is 6.55. The maximum absolute atomic E-state index is 13.6. The number of rotatable bonds is 8. The van der Waals surface area contributed by atoms with Gasteiger partial charge in [-0.05, 0) is 57.0 Å². The fraction of sp³-hybridized carbons (Fsp3) is 0.417. The summed E-state index contributed by atoms with van der Waals surface area (Å²) in [5.74, 6) is 0.166. The Balaban J connectivity index is 1.49. The van der Waals surface area contributed by atoms with Gasteiger partial charge in [0.2, 0.25) is 6.30 Å². The summed E-state index contributed by atoms with van der Waals surface area (Å²) in [4.78, 5) is 19.5. The summed E-state index contributed by atoms with van der Waals surface area (Å²) in [5.41, 5.74) is 2.55. The minimum atomic E-state index is -3.03. The highest BCUT2D eigenvalue weighted by atomic mass is 32.1. The van der Waals surface area contributed by atoms with Crippen LogP contribution in [0.25, 0.3) is 10.6 Å². The molecule has 1 aromatic carbocycles. The molecule has 7 nitrogen and oxygen atoms in total. The zero-order chi connectivity index (χ0) is 24.9. The Morgan fingerprint density at radius 1 is 1.17 bits per heavy atom. The van der Waals surface area contributed by atoms with Crippen molar-refractivity contribution < 1.29 is 22.7 Å². The van der Waals surface area contributed by atoms with Crippen LogP contribution in [-0.4, -0.2) is 57.9 Å². The number of carbonyl (C=O) groups excluding carboxylic acids is 1. The molecule has 4 rings (SSSR count). The zero-order valence-corrected chi connectivity index (χ0v) is 20.2. The maximum atomic E-state index is 13.6. The number of benzene rings is 1. The van der Waals surface area contributed by atoms with Crippen molar-refractivity contribution in [3.8, 4) is 16.3 Å². The molecule has 0 spiro atoms. The topological polar surface area (TPSA) is 80.2 Å². The van der Waals surface area contributed by atoms with Gasteiger partial charge < -0.3 is 10.1 Å². The van der Waals surface area contributed by atoms with Gasteiger partial charge in [0, 0.05) is 35.3 Å². The van der Waals surface area contributed by atoms with E-state index in [0.717, 1.165) is 26.0 Å². The predicted molar refractivity (Wildman–Crippen MR) is 126 cm³/mol. The standard InChI is InChI=1S/C24H26F3N5O2S/c1-14-3-4-18(31-30-14)13-28-23(33)16-9-17(24-29-12-15(2)35-24)11-20(10-16)34-19-5-7-32(8-6-19)22(27)21(25)26/h3-4,9-12,19,21-22H,5-8,13H2,1-2H3,(H,28,33). The molecule has 0 saturated carbocycles. The van der Waals surface area contributed by atoms with Crippen molar-refractivity contribution in [1.29, 1.82) is 0 Å². The molecule has 1 saturated heterocycles. The van der Waals surface area contributed by atoms with Gasteiger partial charge in [0.05, 0.1) is 17.9 Å². The van der Waals surface area contributed by atoms with Gasteiger partial charge in [-0.25, -0.2) is 18.2 Å². The van der Waals surface area contributed by atoms with Crippen LogP contribution in [0.15, 0.2) is 36.5 Å². The number of thiazole rings is 1. The van der Waals surface area contributed by atoms with Gasteiger partial charge in [0.25, 0.3) is 12.3 Å². The van der Waals surface area contributed by atoms with Crippen molar-refractivity contribution in [1.82, 2.24) is 25.4 Å². The molecule has 35 heavy (non-hydrogen) atoms. The summed E-state index contributed by atoms with van der Waals surface area (Å²) >= 11 is 1.50. The van der Waals surface area contributed by atoms with Crippen LogP contribution in [0.3, 0.4) is 0 Å². The van der Waals surface area contributed by atoms with E-state index in [1.54, 1.807) is 24.4 Å². The molecule has 3 heterocycles. The minimum Gasteiger partial charge on any atom is -0.490 e. The molecule has 1 aliphatic heterocycles. The van der Waals surface area contributed by atoms with E-state index in [1.165, 1.54) is 11.3 Å². The van der Waals surface area contributed by atoms with Crippen molar-refractivity contribution >= 4 is 17.2 Å². The summed E-state index contributed by atoms with van der Waals surface area (Å²) in [7, 11) is 0. The van der Waals surface area contributed by atoms with Crippen molar-refractivity contribution in [3.05, 3.63) is 58.4 Å². The van der Waals surface area contributed by atoms with Crippen molar-refractivity contribution in [2.75, 3.05) is 13.1 Å². The fourth-order valence-corrected chi connectivity index (χ4v) is 4.55. The van der Waals surface area contributed by atoms with Gasteiger partial charge in [-0.3, -0.25) is 9.69 Å². The van der Waals surface area contributed by atoms with E-state index < -0.39 is 12.7 Å². The maximum Gasteiger partial charge on any atom is 0.282 e. The molecular formula is C24H26F3N5O2S. The molecule has 1 N–H and O–H groups in total. The molecule has 0 aliphatic carbocycles. The first-order valence-electron chi connectivity index (χ1n) is 11.3. The van der Waals surface area contributed by atoms with Gasteiger partial charge in [0.1, 0.15) is 16.9 Å². The normalized spacial score (nSPS) is 15.8. The lowest BCUT2D eigenvalue weighted by Gasteiger charge is -2.33. The van der Waals surface area contributed by atoms with Crippen LogP contribution in [0.5, 0.6) is 5.75 Å². The molecule has 1 atom stereocenters. The Morgan fingerprint density at radius 2 is 1.94 bits per heavy atom. The molecule has 186 valence electrons. The van der Waals surface area contributed by atoms with Crippen LogP contribution in [0.1, 0.15) is 39.5 Å². The predicted octanol–water partition coefficient (Wildman–Crippen LogP) is 4.55. The van der Waals surface area contributed by atoms with Gasteiger partial charge in [-0.15, -0.1) is 11.3 Å². The average molecular weight is 506 g/mol. The largest absolute Gasteiger partial charge is 0.490 e. The van der Waals surface area contributed by atoms with E-state index in [1.807, 2.05) is 26.0 Å². The number of ether oxygens (including phenoxy) is 1. The van der Waals surface area contributed by atoms with E-state index in [9.17, 15) is 18.0 Å². The van der Waals surface area contributed by atoms with Crippen LogP contribution in [0.4, 0.5) is 13.2 Å². The molecule has 2 aromatic heterocycles. The van der Waals surface area contributed by atoms with E-state index in [4.69, 9.17) is 4.74 Å². The number of carbonyl (C=O) groups is 1. The van der Waals surface area contributed by atoms with Crippen molar-refractivity contribution in [2.45, 2.75) is 52.1 Å². The number of hydrogen-bond acceptors (Lipinski definition) is 7. The summed E-state index contributed by atoms with van der Waals surface area (Å²) in [6.45, 7) is 4.35. The smallest absolute Gasteiger partial charge is 0.282 e. The summed E-state index contributed by atoms with van der Waals surface area (Å²) < 4.78 is 45.1. The molecule has 1 unspecified atom stereocenters. The monoisotopic (exact) mass is 505 g/mol. The summed E-state index contributed by atoms with van der Waals surface area (Å²) in [6, 6.07) is 8.83. The number of likely N-dealkylation sites (tertiary alicyclic amines) is 1.